The molecule has 57 heavy (non-hydrogen) atoms. The molecule has 0 aliphatic carbocycles. The van der Waals surface area contributed by atoms with Crippen LogP contribution in [0, 0.1) is 0 Å². The molecule has 0 bridgehead atoms. The van der Waals surface area contributed by atoms with Crippen LogP contribution >= 0.6 is 0 Å². The maximum Gasteiger partial charge on any atom is 0.144 e. The minimum absolute atomic E-state index is 0.838. The lowest BCUT2D eigenvalue weighted by Gasteiger charge is -2.14. The van der Waals surface area contributed by atoms with Gasteiger partial charge in [-0.1, -0.05) is 146 Å². The van der Waals surface area contributed by atoms with Gasteiger partial charge in [-0.15, -0.1) is 0 Å². The number of aromatic nitrogens is 3. The van der Waals surface area contributed by atoms with Gasteiger partial charge in [0, 0.05) is 49.1 Å². The molecule has 0 aliphatic heterocycles. The van der Waals surface area contributed by atoms with E-state index in [0.717, 1.165) is 66.9 Å². The van der Waals surface area contributed by atoms with Crippen molar-refractivity contribution in [1.29, 1.82) is 0 Å². The van der Waals surface area contributed by atoms with Gasteiger partial charge in [0.1, 0.15) is 11.2 Å². The highest BCUT2D eigenvalue weighted by atomic mass is 16.3. The fraction of sp³-hybridized carbons (Fsp3) is 0. The normalized spacial score (nSPS) is 11.9. The maximum atomic E-state index is 6.60. The zero-order valence-electron chi connectivity index (χ0n) is 30.8. The van der Waals surface area contributed by atoms with Crippen molar-refractivity contribution in [2.45, 2.75) is 0 Å². The molecule has 0 atom stereocenters. The van der Waals surface area contributed by atoms with Gasteiger partial charge in [0.25, 0.3) is 0 Å². The Bertz CT molecular complexity index is 3500. The molecule has 0 radical (unpaired) electrons. The summed E-state index contributed by atoms with van der Waals surface area (Å²) in [5, 5.41) is 7.07. The first kappa shape index (κ1) is 31.6. The minimum atomic E-state index is 0.838. The van der Waals surface area contributed by atoms with E-state index in [1.165, 1.54) is 43.7 Å². The fourth-order valence-corrected chi connectivity index (χ4v) is 8.98. The first-order chi connectivity index (χ1) is 28.3. The molecule has 266 valence electrons. The number of rotatable bonds is 5. The summed E-state index contributed by atoms with van der Waals surface area (Å²) >= 11 is 0. The minimum Gasteiger partial charge on any atom is -0.455 e. The monoisotopic (exact) mass is 727 g/mol. The van der Waals surface area contributed by atoms with E-state index in [1.807, 2.05) is 12.1 Å². The maximum absolute atomic E-state index is 6.60. The molecule has 4 heterocycles. The highest BCUT2D eigenvalue weighted by molar-refractivity contribution is 6.26. The van der Waals surface area contributed by atoms with Gasteiger partial charge in [-0.25, -0.2) is 4.98 Å². The summed E-state index contributed by atoms with van der Waals surface area (Å²) in [6.45, 7) is 0. The largest absolute Gasteiger partial charge is 0.455 e. The number of benzene rings is 8. The van der Waals surface area contributed by atoms with E-state index >= 15 is 0 Å². The van der Waals surface area contributed by atoms with E-state index in [2.05, 4.69) is 197 Å². The number of pyridine rings is 1. The molecule has 0 spiro atoms. The Kier molecular flexibility index (Phi) is 6.89. The van der Waals surface area contributed by atoms with Crippen LogP contribution in [0.15, 0.2) is 205 Å². The number of para-hydroxylation sites is 5. The van der Waals surface area contributed by atoms with Gasteiger partial charge in [0.15, 0.2) is 0 Å². The molecule has 4 nitrogen and oxygen atoms in total. The van der Waals surface area contributed by atoms with E-state index in [4.69, 9.17) is 9.40 Å². The molecule has 12 rings (SSSR count). The summed E-state index contributed by atoms with van der Waals surface area (Å²) < 4.78 is 11.5. The predicted molar refractivity (Wildman–Crippen MR) is 237 cm³/mol. The average molecular weight is 728 g/mol. The zero-order valence-corrected chi connectivity index (χ0v) is 30.8. The van der Waals surface area contributed by atoms with E-state index in [1.54, 1.807) is 0 Å². The molecule has 12 aromatic rings. The predicted octanol–water partition coefficient (Wildman–Crippen LogP) is 14.2. The standard InChI is InChI=1S/C53H33N3O/c1-3-14-34(15-4-1)35-26-28-36(29-27-35)45-32-38(33-46(54-45)43-22-13-21-42-40-19-9-12-25-50(40)57-53(42)43)55-48-24-11-8-20-44(48)51-49(55)31-30-41-39-18-7-10-23-47(39)56(52(41)51)37-16-5-2-6-17-37/h1-33H. The molecule has 0 amide bonds. The summed E-state index contributed by atoms with van der Waals surface area (Å²) in [6.07, 6.45) is 0. The lowest BCUT2D eigenvalue weighted by molar-refractivity contribution is 0.670. The van der Waals surface area contributed by atoms with Gasteiger partial charge in [0.05, 0.1) is 39.1 Å². The molecule has 4 heteroatoms. The first-order valence-corrected chi connectivity index (χ1v) is 19.4. The highest BCUT2D eigenvalue weighted by Crippen LogP contribution is 2.43. The molecular formula is C53H33N3O. The molecule has 0 unspecified atom stereocenters. The Hall–Kier alpha value is -7.69. The van der Waals surface area contributed by atoms with E-state index in [0.29, 0.717) is 0 Å². The number of hydrogen-bond donors (Lipinski definition) is 0. The fourth-order valence-electron chi connectivity index (χ4n) is 8.98. The summed E-state index contributed by atoms with van der Waals surface area (Å²) in [7, 11) is 0. The molecule has 4 aromatic heterocycles. The van der Waals surface area contributed by atoms with Crippen LogP contribution in [-0.4, -0.2) is 14.1 Å². The topological polar surface area (TPSA) is 35.9 Å². The SMILES string of the molecule is c1ccc(-c2ccc(-c3cc(-n4c5ccccc5c5c4ccc4c6ccccc6n(-c6ccccc6)c45)cc(-c4cccc5c4oc4ccccc45)n3)cc2)cc1. The Morgan fingerprint density at radius 1 is 0.368 bits per heavy atom. The average Bonchev–Trinajstić information content (AvgIpc) is 3.95. The second-order valence-electron chi connectivity index (χ2n) is 14.7. The Balaban J connectivity index is 1.16. The molecular weight excluding hydrogens is 695 g/mol. The quantitative estimate of drug-likeness (QED) is 0.177. The van der Waals surface area contributed by atoms with Crippen molar-refractivity contribution in [1.82, 2.24) is 14.1 Å². The van der Waals surface area contributed by atoms with Crippen LogP contribution in [0.1, 0.15) is 0 Å². The molecule has 8 aromatic carbocycles. The summed E-state index contributed by atoms with van der Waals surface area (Å²) in [4.78, 5) is 5.42. The van der Waals surface area contributed by atoms with Crippen molar-refractivity contribution < 1.29 is 4.42 Å². The van der Waals surface area contributed by atoms with Crippen molar-refractivity contribution in [3.8, 4) is 45.0 Å². The lowest BCUT2D eigenvalue weighted by atomic mass is 10.0. The molecule has 0 aliphatic rings. The van der Waals surface area contributed by atoms with E-state index in [-0.39, 0.29) is 0 Å². The van der Waals surface area contributed by atoms with Gasteiger partial charge >= 0.3 is 0 Å². The van der Waals surface area contributed by atoms with Gasteiger partial charge < -0.3 is 13.6 Å². The van der Waals surface area contributed by atoms with Crippen molar-refractivity contribution in [2.75, 3.05) is 0 Å². The number of nitrogens with zero attached hydrogens (tertiary/aromatic N) is 3. The van der Waals surface area contributed by atoms with Gasteiger partial charge in [-0.05, 0) is 65.7 Å². The third kappa shape index (κ3) is 4.84. The third-order valence-corrected chi connectivity index (χ3v) is 11.5. The first-order valence-electron chi connectivity index (χ1n) is 19.4. The van der Waals surface area contributed by atoms with Crippen molar-refractivity contribution >= 4 is 65.6 Å². The number of hydrogen-bond acceptors (Lipinski definition) is 2. The van der Waals surface area contributed by atoms with Crippen LogP contribution in [-0.2, 0) is 0 Å². The van der Waals surface area contributed by atoms with Gasteiger partial charge in [-0.3, -0.25) is 0 Å². The molecule has 0 saturated heterocycles. The number of fused-ring (bicyclic) bond motifs is 10. The van der Waals surface area contributed by atoms with Gasteiger partial charge in [0.2, 0.25) is 0 Å². The summed E-state index contributed by atoms with van der Waals surface area (Å²) in [6, 6.07) is 71.3. The second kappa shape index (κ2) is 12.4. The highest BCUT2D eigenvalue weighted by Gasteiger charge is 2.22. The van der Waals surface area contributed by atoms with Crippen LogP contribution in [0.25, 0.3) is 111 Å². The van der Waals surface area contributed by atoms with Crippen LogP contribution in [0.3, 0.4) is 0 Å². The molecule has 0 fully saturated rings. The Labute approximate surface area is 328 Å². The van der Waals surface area contributed by atoms with Crippen LogP contribution in [0.5, 0.6) is 0 Å². The Morgan fingerprint density at radius 2 is 0.982 bits per heavy atom. The van der Waals surface area contributed by atoms with Crippen molar-refractivity contribution in [2.24, 2.45) is 0 Å². The van der Waals surface area contributed by atoms with Crippen LogP contribution in [0.2, 0.25) is 0 Å². The van der Waals surface area contributed by atoms with Gasteiger partial charge in [-0.2, -0.15) is 0 Å². The lowest BCUT2D eigenvalue weighted by Crippen LogP contribution is -1.99. The summed E-state index contributed by atoms with van der Waals surface area (Å²) in [5.74, 6) is 0. The number of furan rings is 1. The van der Waals surface area contributed by atoms with E-state index in [9.17, 15) is 0 Å². The van der Waals surface area contributed by atoms with Crippen LogP contribution in [0.4, 0.5) is 0 Å². The van der Waals surface area contributed by atoms with Crippen molar-refractivity contribution in [3.63, 3.8) is 0 Å². The zero-order chi connectivity index (χ0) is 37.5. The van der Waals surface area contributed by atoms with E-state index < -0.39 is 0 Å². The third-order valence-electron chi connectivity index (χ3n) is 11.5. The van der Waals surface area contributed by atoms with Crippen molar-refractivity contribution in [3.05, 3.63) is 200 Å². The Morgan fingerprint density at radius 3 is 1.79 bits per heavy atom. The molecule has 0 N–H and O–H groups in total. The smallest absolute Gasteiger partial charge is 0.144 e. The molecule has 0 saturated carbocycles. The van der Waals surface area contributed by atoms with Crippen LogP contribution < -0.4 is 0 Å². The second-order valence-corrected chi connectivity index (χ2v) is 14.7. The summed E-state index contributed by atoms with van der Waals surface area (Å²) in [5.41, 5.74) is 14.6.